The molecule has 1 aliphatic rings. The van der Waals surface area contributed by atoms with E-state index in [0.29, 0.717) is 29.4 Å². The molecule has 0 aliphatic heterocycles. The van der Waals surface area contributed by atoms with E-state index in [1.54, 1.807) is 25.4 Å². The van der Waals surface area contributed by atoms with E-state index in [0.717, 1.165) is 0 Å². The minimum Gasteiger partial charge on any atom is -0.507 e. The van der Waals surface area contributed by atoms with Crippen molar-refractivity contribution in [3.8, 4) is 17.0 Å². The fraction of sp³-hybridized carbons (Fsp3) is 0.278. The van der Waals surface area contributed by atoms with Crippen molar-refractivity contribution in [3.63, 3.8) is 0 Å². The van der Waals surface area contributed by atoms with Gasteiger partial charge in [0.2, 0.25) is 0 Å². The van der Waals surface area contributed by atoms with Crippen LogP contribution < -0.4 is 5.32 Å². The van der Waals surface area contributed by atoms with Crippen molar-refractivity contribution in [1.82, 2.24) is 15.2 Å². The summed E-state index contributed by atoms with van der Waals surface area (Å²) in [6.07, 6.45) is 4.45. The SMILES string of the molecule is CC1(O)CC(Nc2nnc(-c3c(O)cccc3F)c3ccncc23)C1. The van der Waals surface area contributed by atoms with E-state index in [1.165, 1.54) is 18.2 Å². The van der Waals surface area contributed by atoms with Gasteiger partial charge in [0.15, 0.2) is 5.82 Å². The van der Waals surface area contributed by atoms with Crippen LogP contribution in [0.25, 0.3) is 22.0 Å². The number of nitrogens with one attached hydrogen (secondary N) is 1. The lowest BCUT2D eigenvalue weighted by Gasteiger charge is -2.41. The zero-order valence-electron chi connectivity index (χ0n) is 13.6. The molecule has 1 aromatic carbocycles. The van der Waals surface area contributed by atoms with Crippen molar-refractivity contribution in [2.24, 2.45) is 0 Å². The molecule has 25 heavy (non-hydrogen) atoms. The van der Waals surface area contributed by atoms with Crippen molar-refractivity contribution in [1.29, 1.82) is 0 Å². The Morgan fingerprint density at radius 2 is 2.00 bits per heavy atom. The number of phenolic OH excluding ortho intramolecular Hbond substituents is 1. The van der Waals surface area contributed by atoms with Gasteiger partial charge in [0, 0.05) is 29.2 Å². The van der Waals surface area contributed by atoms with Crippen molar-refractivity contribution >= 4 is 16.6 Å². The van der Waals surface area contributed by atoms with Gasteiger partial charge in [-0.05, 0) is 38.0 Å². The van der Waals surface area contributed by atoms with E-state index < -0.39 is 11.4 Å². The molecular formula is C18H17FN4O2. The smallest absolute Gasteiger partial charge is 0.158 e. The maximum atomic E-state index is 14.2. The van der Waals surface area contributed by atoms with Crippen molar-refractivity contribution in [2.75, 3.05) is 5.32 Å². The molecule has 3 N–H and O–H groups in total. The van der Waals surface area contributed by atoms with Crippen LogP contribution in [0.15, 0.2) is 36.7 Å². The topological polar surface area (TPSA) is 91.2 Å². The van der Waals surface area contributed by atoms with Gasteiger partial charge in [-0.15, -0.1) is 10.2 Å². The standard InChI is InChI=1S/C18H17FN4O2/c1-18(25)7-10(8-18)21-17-12-9-20-6-5-11(12)16(22-23-17)15-13(19)3-2-4-14(15)24/h2-6,9-10,24-25H,7-8H2,1H3,(H,21,23). The third-order valence-corrected chi connectivity index (χ3v) is 4.52. The Kier molecular flexibility index (Phi) is 3.54. The Bertz CT molecular complexity index is 933. The molecule has 7 heteroatoms. The van der Waals surface area contributed by atoms with Crippen LogP contribution in [0, 0.1) is 5.82 Å². The Morgan fingerprint density at radius 1 is 1.20 bits per heavy atom. The van der Waals surface area contributed by atoms with E-state index in [9.17, 15) is 14.6 Å². The number of aromatic hydroxyl groups is 1. The minimum atomic E-state index is -0.655. The van der Waals surface area contributed by atoms with Gasteiger partial charge >= 0.3 is 0 Å². The highest BCUT2D eigenvalue weighted by Gasteiger charge is 2.38. The summed E-state index contributed by atoms with van der Waals surface area (Å²) in [5.41, 5.74) is -0.374. The molecule has 2 heterocycles. The maximum absolute atomic E-state index is 14.2. The summed E-state index contributed by atoms with van der Waals surface area (Å²) in [5.74, 6) is -0.227. The van der Waals surface area contributed by atoms with Gasteiger partial charge < -0.3 is 15.5 Å². The summed E-state index contributed by atoms with van der Waals surface area (Å²) >= 11 is 0. The number of pyridine rings is 1. The number of phenols is 1. The van der Waals surface area contributed by atoms with Gasteiger partial charge in [-0.25, -0.2) is 4.39 Å². The fourth-order valence-corrected chi connectivity index (χ4v) is 3.33. The number of nitrogens with zero attached hydrogens (tertiary/aromatic N) is 3. The molecule has 4 rings (SSSR count). The predicted molar refractivity (Wildman–Crippen MR) is 91.7 cm³/mol. The lowest BCUT2D eigenvalue weighted by molar-refractivity contribution is -0.0235. The van der Waals surface area contributed by atoms with E-state index >= 15 is 0 Å². The molecule has 0 saturated heterocycles. The number of aromatic nitrogens is 3. The summed E-state index contributed by atoms with van der Waals surface area (Å²) in [5, 5.41) is 32.8. The molecule has 2 aromatic heterocycles. The van der Waals surface area contributed by atoms with Gasteiger partial charge in [0.1, 0.15) is 17.3 Å². The van der Waals surface area contributed by atoms with Gasteiger partial charge in [-0.2, -0.15) is 0 Å². The van der Waals surface area contributed by atoms with E-state index in [4.69, 9.17) is 0 Å². The molecule has 0 bridgehead atoms. The second kappa shape index (κ2) is 5.63. The van der Waals surface area contributed by atoms with Crippen LogP contribution >= 0.6 is 0 Å². The normalized spacial score (nSPS) is 22.6. The van der Waals surface area contributed by atoms with Crippen LogP contribution in [0.3, 0.4) is 0 Å². The first-order valence-electron chi connectivity index (χ1n) is 8.02. The molecule has 0 atom stereocenters. The molecule has 128 valence electrons. The number of fused-ring (bicyclic) bond motifs is 1. The number of hydrogen-bond acceptors (Lipinski definition) is 6. The molecule has 0 unspecified atom stereocenters. The summed E-state index contributed by atoms with van der Waals surface area (Å²) in [7, 11) is 0. The van der Waals surface area contributed by atoms with E-state index in [1.807, 2.05) is 0 Å². The van der Waals surface area contributed by atoms with E-state index in [2.05, 4.69) is 20.5 Å². The largest absolute Gasteiger partial charge is 0.507 e. The van der Waals surface area contributed by atoms with Gasteiger partial charge in [0.05, 0.1) is 11.2 Å². The molecule has 0 radical (unpaired) electrons. The molecule has 3 aromatic rings. The van der Waals surface area contributed by atoms with Crippen LogP contribution in [0.4, 0.5) is 10.2 Å². The second-order valence-electron chi connectivity index (χ2n) is 6.70. The number of anilines is 1. The highest BCUT2D eigenvalue weighted by atomic mass is 19.1. The number of halogens is 1. The van der Waals surface area contributed by atoms with Crippen LogP contribution in [0.5, 0.6) is 5.75 Å². The average molecular weight is 340 g/mol. The predicted octanol–water partition coefficient (Wildman–Crippen LogP) is 2.86. The summed E-state index contributed by atoms with van der Waals surface area (Å²) in [6, 6.07) is 5.93. The zero-order chi connectivity index (χ0) is 17.6. The first-order valence-corrected chi connectivity index (χ1v) is 8.02. The first kappa shape index (κ1) is 15.7. The molecule has 0 spiro atoms. The minimum absolute atomic E-state index is 0.0179. The van der Waals surface area contributed by atoms with Crippen molar-refractivity contribution in [2.45, 2.75) is 31.4 Å². The highest BCUT2D eigenvalue weighted by molar-refractivity contribution is 6.00. The number of benzene rings is 1. The van der Waals surface area contributed by atoms with E-state index in [-0.39, 0.29) is 23.0 Å². The van der Waals surface area contributed by atoms with Crippen molar-refractivity contribution in [3.05, 3.63) is 42.5 Å². The Labute approximate surface area is 143 Å². The monoisotopic (exact) mass is 340 g/mol. The number of rotatable bonds is 3. The maximum Gasteiger partial charge on any atom is 0.158 e. The summed E-state index contributed by atoms with van der Waals surface area (Å²) in [6.45, 7) is 1.79. The van der Waals surface area contributed by atoms with Gasteiger partial charge in [-0.3, -0.25) is 4.98 Å². The Hall–Kier alpha value is -2.80. The molecule has 0 amide bonds. The third kappa shape index (κ3) is 2.76. The highest BCUT2D eigenvalue weighted by Crippen LogP contribution is 2.38. The average Bonchev–Trinajstić information content (AvgIpc) is 2.54. The molecular weight excluding hydrogens is 323 g/mol. The van der Waals surface area contributed by atoms with Crippen LogP contribution in [-0.4, -0.2) is 37.0 Å². The molecule has 1 aliphatic carbocycles. The molecule has 6 nitrogen and oxygen atoms in total. The third-order valence-electron chi connectivity index (χ3n) is 4.52. The van der Waals surface area contributed by atoms with Crippen LogP contribution in [0.2, 0.25) is 0 Å². The van der Waals surface area contributed by atoms with Crippen LogP contribution in [0.1, 0.15) is 19.8 Å². The summed E-state index contributed by atoms with van der Waals surface area (Å²) in [4.78, 5) is 4.12. The second-order valence-corrected chi connectivity index (χ2v) is 6.70. The lowest BCUT2D eigenvalue weighted by Crippen LogP contribution is -2.48. The molecule has 1 saturated carbocycles. The van der Waals surface area contributed by atoms with Gasteiger partial charge in [-0.1, -0.05) is 6.07 Å². The lowest BCUT2D eigenvalue weighted by atomic mass is 9.77. The Balaban J connectivity index is 1.80. The zero-order valence-corrected chi connectivity index (χ0v) is 13.6. The number of aliphatic hydroxyl groups is 1. The fourth-order valence-electron chi connectivity index (χ4n) is 3.33. The number of hydrogen-bond donors (Lipinski definition) is 3. The summed E-state index contributed by atoms with van der Waals surface area (Å²) < 4.78 is 14.2. The quantitative estimate of drug-likeness (QED) is 0.679. The molecule has 1 fully saturated rings. The van der Waals surface area contributed by atoms with Gasteiger partial charge in [0.25, 0.3) is 0 Å². The Morgan fingerprint density at radius 3 is 2.72 bits per heavy atom. The van der Waals surface area contributed by atoms with Crippen LogP contribution in [-0.2, 0) is 0 Å². The first-order chi connectivity index (χ1) is 11.9. The van der Waals surface area contributed by atoms with Crippen molar-refractivity contribution < 1.29 is 14.6 Å².